The fraction of sp³-hybridized carbons (Fsp3) is 0.364. The van der Waals surface area contributed by atoms with E-state index >= 15 is 0 Å². The van der Waals surface area contributed by atoms with E-state index < -0.39 is 5.97 Å². The van der Waals surface area contributed by atoms with Gasteiger partial charge in [-0.05, 0) is 12.8 Å². The van der Waals surface area contributed by atoms with Crippen molar-refractivity contribution in [2.75, 3.05) is 0 Å². The molecule has 0 spiro atoms. The Morgan fingerprint density at radius 3 is 3.05 bits per heavy atom. The first kappa shape index (κ1) is 12.9. The highest BCUT2D eigenvalue weighted by molar-refractivity contribution is 7.98. The Morgan fingerprint density at radius 2 is 2.35 bits per heavy atom. The van der Waals surface area contributed by atoms with E-state index in [1.807, 2.05) is 0 Å². The Bertz CT molecular complexity index is 706. The second-order valence-electron chi connectivity index (χ2n) is 4.39. The molecule has 2 N–H and O–H groups in total. The second-order valence-corrected chi connectivity index (χ2v) is 5.33. The third-order valence-corrected chi connectivity index (χ3v) is 3.91. The molecule has 2 aromatic heterocycles. The van der Waals surface area contributed by atoms with Crippen LogP contribution in [0.2, 0.25) is 0 Å². The fourth-order valence-corrected chi connectivity index (χ4v) is 2.81. The van der Waals surface area contributed by atoms with Crippen molar-refractivity contribution in [3.8, 4) is 0 Å². The average molecular weight is 293 g/mol. The van der Waals surface area contributed by atoms with Gasteiger partial charge >= 0.3 is 11.7 Å². The summed E-state index contributed by atoms with van der Waals surface area (Å²) < 4.78 is 1.62. The van der Waals surface area contributed by atoms with Crippen LogP contribution >= 0.6 is 11.8 Å². The minimum absolute atomic E-state index is 0.0656. The molecule has 9 heteroatoms. The number of aromatic nitrogens is 5. The van der Waals surface area contributed by atoms with Gasteiger partial charge in [-0.25, -0.2) is 24.7 Å². The quantitative estimate of drug-likeness (QED) is 0.779. The number of rotatable bonds is 5. The SMILES string of the molecule is O=C(O)c1cncnc1CSc1n[nH]c(=O)n1C1CC1. The predicted octanol–water partition coefficient (Wildman–Crippen LogP) is 0.687. The van der Waals surface area contributed by atoms with Crippen LogP contribution in [0, 0.1) is 0 Å². The summed E-state index contributed by atoms with van der Waals surface area (Å²) in [7, 11) is 0. The number of hydrogen-bond donors (Lipinski definition) is 2. The lowest BCUT2D eigenvalue weighted by Gasteiger charge is -2.04. The van der Waals surface area contributed by atoms with E-state index in [1.54, 1.807) is 4.57 Å². The molecule has 1 aliphatic carbocycles. The largest absolute Gasteiger partial charge is 0.478 e. The van der Waals surface area contributed by atoms with Crippen LogP contribution in [-0.2, 0) is 5.75 Å². The molecule has 0 amide bonds. The van der Waals surface area contributed by atoms with E-state index in [9.17, 15) is 9.59 Å². The average Bonchev–Trinajstić information content (AvgIpc) is 3.20. The Morgan fingerprint density at radius 1 is 1.55 bits per heavy atom. The summed E-state index contributed by atoms with van der Waals surface area (Å²) in [6, 6.07) is 0.216. The maximum Gasteiger partial charge on any atom is 0.344 e. The highest BCUT2D eigenvalue weighted by Crippen LogP contribution is 2.36. The van der Waals surface area contributed by atoms with E-state index in [0.29, 0.717) is 16.6 Å². The minimum atomic E-state index is -1.07. The monoisotopic (exact) mass is 293 g/mol. The summed E-state index contributed by atoms with van der Waals surface area (Å²) in [6.07, 6.45) is 4.52. The first-order valence-electron chi connectivity index (χ1n) is 5.98. The van der Waals surface area contributed by atoms with Crippen LogP contribution in [0.25, 0.3) is 0 Å². The van der Waals surface area contributed by atoms with Crippen molar-refractivity contribution in [1.82, 2.24) is 24.7 Å². The highest BCUT2D eigenvalue weighted by Gasteiger charge is 2.28. The molecule has 0 bridgehead atoms. The zero-order valence-electron chi connectivity index (χ0n) is 10.3. The molecule has 2 aromatic rings. The molecule has 104 valence electrons. The van der Waals surface area contributed by atoms with Crippen molar-refractivity contribution in [2.24, 2.45) is 0 Å². The Balaban J connectivity index is 1.80. The van der Waals surface area contributed by atoms with Gasteiger partial charge in [-0.1, -0.05) is 11.8 Å². The summed E-state index contributed by atoms with van der Waals surface area (Å²) in [6.45, 7) is 0. The second kappa shape index (κ2) is 5.08. The highest BCUT2D eigenvalue weighted by atomic mass is 32.2. The van der Waals surface area contributed by atoms with Gasteiger partial charge in [0.25, 0.3) is 0 Å². The number of aromatic carboxylic acids is 1. The zero-order valence-corrected chi connectivity index (χ0v) is 11.1. The Labute approximate surface area is 117 Å². The summed E-state index contributed by atoms with van der Waals surface area (Å²) in [4.78, 5) is 30.4. The van der Waals surface area contributed by atoms with Crippen LogP contribution < -0.4 is 5.69 Å². The van der Waals surface area contributed by atoms with Gasteiger partial charge in [0, 0.05) is 18.0 Å². The number of nitrogens with zero attached hydrogens (tertiary/aromatic N) is 4. The number of nitrogens with one attached hydrogen (secondary N) is 1. The Hall–Kier alpha value is -2.16. The topological polar surface area (TPSA) is 114 Å². The molecule has 20 heavy (non-hydrogen) atoms. The summed E-state index contributed by atoms with van der Waals surface area (Å²) in [5.41, 5.74) is 0.252. The van der Waals surface area contributed by atoms with Crippen LogP contribution in [0.1, 0.15) is 34.9 Å². The number of H-pyrrole nitrogens is 1. The lowest BCUT2D eigenvalue weighted by molar-refractivity contribution is 0.0695. The van der Waals surface area contributed by atoms with Gasteiger partial charge in [0.05, 0.1) is 5.69 Å². The van der Waals surface area contributed by atoms with Gasteiger partial charge in [-0.3, -0.25) is 4.57 Å². The van der Waals surface area contributed by atoms with E-state index in [1.165, 1.54) is 24.3 Å². The summed E-state index contributed by atoms with van der Waals surface area (Å²) >= 11 is 1.29. The molecule has 0 aliphatic heterocycles. The van der Waals surface area contributed by atoms with Crippen molar-refractivity contribution in [3.05, 3.63) is 34.3 Å². The molecule has 1 aliphatic rings. The Kier molecular flexibility index (Phi) is 3.26. The lowest BCUT2D eigenvalue weighted by Crippen LogP contribution is -2.16. The van der Waals surface area contributed by atoms with Gasteiger partial charge in [-0.15, -0.1) is 5.10 Å². The van der Waals surface area contributed by atoms with E-state index in [0.717, 1.165) is 12.8 Å². The molecule has 0 saturated heterocycles. The van der Waals surface area contributed by atoms with Crippen LogP contribution in [0.15, 0.2) is 22.5 Å². The van der Waals surface area contributed by atoms with Crippen LogP contribution in [-0.4, -0.2) is 35.8 Å². The van der Waals surface area contributed by atoms with Crippen molar-refractivity contribution < 1.29 is 9.90 Å². The third-order valence-electron chi connectivity index (χ3n) is 2.95. The molecule has 0 radical (unpaired) electrons. The van der Waals surface area contributed by atoms with Gasteiger partial charge in [-0.2, -0.15) is 0 Å². The number of carbonyl (C=O) groups is 1. The molecule has 8 nitrogen and oxygen atoms in total. The number of thioether (sulfide) groups is 1. The van der Waals surface area contributed by atoms with E-state index in [4.69, 9.17) is 5.11 Å². The molecule has 0 aromatic carbocycles. The smallest absolute Gasteiger partial charge is 0.344 e. The zero-order chi connectivity index (χ0) is 14.1. The van der Waals surface area contributed by atoms with Crippen molar-refractivity contribution >= 4 is 17.7 Å². The van der Waals surface area contributed by atoms with Gasteiger partial charge < -0.3 is 5.11 Å². The lowest BCUT2D eigenvalue weighted by atomic mass is 10.2. The number of carboxylic acid groups (broad SMARTS) is 1. The fourth-order valence-electron chi connectivity index (χ4n) is 1.83. The molecular formula is C11H11N5O3S. The van der Waals surface area contributed by atoms with Crippen molar-refractivity contribution in [3.63, 3.8) is 0 Å². The number of carboxylic acids is 1. The van der Waals surface area contributed by atoms with E-state index in [-0.39, 0.29) is 17.3 Å². The minimum Gasteiger partial charge on any atom is -0.478 e. The first-order chi connectivity index (χ1) is 9.66. The van der Waals surface area contributed by atoms with Gasteiger partial charge in [0.2, 0.25) is 0 Å². The van der Waals surface area contributed by atoms with Crippen molar-refractivity contribution in [1.29, 1.82) is 0 Å². The van der Waals surface area contributed by atoms with Crippen molar-refractivity contribution in [2.45, 2.75) is 29.8 Å². The van der Waals surface area contributed by atoms with Gasteiger partial charge in [0.15, 0.2) is 5.16 Å². The maximum absolute atomic E-state index is 11.6. The molecule has 0 atom stereocenters. The van der Waals surface area contributed by atoms with Gasteiger partial charge in [0.1, 0.15) is 11.9 Å². The van der Waals surface area contributed by atoms with Crippen LogP contribution in [0.4, 0.5) is 0 Å². The molecule has 0 unspecified atom stereocenters. The number of aromatic amines is 1. The molecule has 1 fully saturated rings. The van der Waals surface area contributed by atoms with Crippen LogP contribution in [0.3, 0.4) is 0 Å². The number of hydrogen-bond acceptors (Lipinski definition) is 6. The maximum atomic E-state index is 11.6. The molecule has 2 heterocycles. The third kappa shape index (κ3) is 2.44. The predicted molar refractivity (Wildman–Crippen MR) is 69.7 cm³/mol. The molecule has 3 rings (SSSR count). The normalized spacial score (nSPS) is 14.4. The van der Waals surface area contributed by atoms with E-state index in [2.05, 4.69) is 20.2 Å². The standard InChI is InChI=1S/C11H11N5O3S/c17-9(18)7-3-12-5-13-8(7)4-20-11-15-14-10(19)16(11)6-1-2-6/h3,5-6H,1-2,4H2,(H,14,19)(H,17,18). The molecule has 1 saturated carbocycles. The first-order valence-corrected chi connectivity index (χ1v) is 6.97. The molecular weight excluding hydrogens is 282 g/mol. The summed E-state index contributed by atoms with van der Waals surface area (Å²) in [5.74, 6) is -0.746. The van der Waals surface area contributed by atoms with Crippen LogP contribution in [0.5, 0.6) is 0 Å². The summed E-state index contributed by atoms with van der Waals surface area (Å²) in [5, 5.41) is 16.0.